The lowest BCUT2D eigenvalue weighted by Crippen LogP contribution is -2.44. The van der Waals surface area contributed by atoms with Gasteiger partial charge in [0.1, 0.15) is 0 Å². The number of amides is 1. The number of nitrogens with one attached hydrogen (secondary N) is 1. The predicted octanol–water partition coefficient (Wildman–Crippen LogP) is 2.23. The van der Waals surface area contributed by atoms with Gasteiger partial charge in [0, 0.05) is 6.04 Å². The topological polar surface area (TPSA) is 49.3 Å². The van der Waals surface area contributed by atoms with Crippen molar-refractivity contribution in [2.75, 3.05) is 0 Å². The van der Waals surface area contributed by atoms with E-state index in [-0.39, 0.29) is 23.8 Å². The summed E-state index contributed by atoms with van der Waals surface area (Å²) < 4.78 is 0. The minimum Gasteiger partial charge on any atom is -0.389 e. The van der Waals surface area contributed by atoms with Crippen LogP contribution >= 0.6 is 0 Å². The Morgan fingerprint density at radius 2 is 1.88 bits per heavy atom. The number of rotatable bonds is 3. The summed E-state index contributed by atoms with van der Waals surface area (Å²) in [6, 6.07) is 0.130. The van der Waals surface area contributed by atoms with E-state index in [9.17, 15) is 9.90 Å². The molecule has 1 aliphatic rings. The molecule has 3 heteroatoms. The summed E-state index contributed by atoms with van der Waals surface area (Å²) in [6.45, 7) is 8.31. The standard InChI is InChI=1S/C13H25NO2/c1-10(12(2,3)4)14-11(15)9-13(16)7-5-6-8-13/h10,16H,5-9H2,1-4H3,(H,14,15). The van der Waals surface area contributed by atoms with Gasteiger partial charge in [0.15, 0.2) is 0 Å². The van der Waals surface area contributed by atoms with Gasteiger partial charge in [0.05, 0.1) is 12.0 Å². The van der Waals surface area contributed by atoms with Crippen LogP contribution in [0.3, 0.4) is 0 Å². The van der Waals surface area contributed by atoms with Crippen LogP contribution in [0.25, 0.3) is 0 Å². The summed E-state index contributed by atoms with van der Waals surface area (Å²) in [5.41, 5.74) is -0.671. The van der Waals surface area contributed by atoms with E-state index >= 15 is 0 Å². The Hall–Kier alpha value is -0.570. The normalized spacial score (nSPS) is 21.8. The van der Waals surface area contributed by atoms with Gasteiger partial charge >= 0.3 is 0 Å². The molecule has 1 saturated carbocycles. The van der Waals surface area contributed by atoms with Crippen LogP contribution in [0.4, 0.5) is 0 Å². The molecule has 94 valence electrons. The van der Waals surface area contributed by atoms with Crippen molar-refractivity contribution in [2.24, 2.45) is 5.41 Å². The first-order valence-electron chi connectivity index (χ1n) is 6.25. The van der Waals surface area contributed by atoms with Crippen LogP contribution in [-0.2, 0) is 4.79 Å². The van der Waals surface area contributed by atoms with E-state index in [2.05, 4.69) is 26.1 Å². The lowest BCUT2D eigenvalue weighted by Gasteiger charge is -2.29. The summed E-state index contributed by atoms with van der Waals surface area (Å²) in [5, 5.41) is 13.1. The molecule has 0 spiro atoms. The first-order chi connectivity index (χ1) is 7.23. The fourth-order valence-corrected chi connectivity index (χ4v) is 2.02. The smallest absolute Gasteiger partial charge is 0.223 e. The predicted molar refractivity (Wildman–Crippen MR) is 65.1 cm³/mol. The Balaban J connectivity index is 2.41. The molecule has 0 aromatic heterocycles. The third kappa shape index (κ3) is 3.78. The molecule has 0 aromatic rings. The van der Waals surface area contributed by atoms with E-state index < -0.39 is 5.60 Å². The minimum absolute atomic E-state index is 0.0215. The maximum Gasteiger partial charge on any atom is 0.223 e. The Labute approximate surface area is 98.6 Å². The Morgan fingerprint density at radius 3 is 2.31 bits per heavy atom. The van der Waals surface area contributed by atoms with E-state index in [0.717, 1.165) is 25.7 Å². The molecule has 0 aliphatic heterocycles. The first-order valence-corrected chi connectivity index (χ1v) is 6.25. The molecular formula is C13H25NO2. The molecular weight excluding hydrogens is 202 g/mol. The molecule has 16 heavy (non-hydrogen) atoms. The van der Waals surface area contributed by atoms with Gasteiger partial charge < -0.3 is 10.4 Å². The molecule has 0 saturated heterocycles. The lowest BCUT2D eigenvalue weighted by molar-refractivity contribution is -0.127. The third-order valence-corrected chi connectivity index (χ3v) is 3.70. The van der Waals surface area contributed by atoms with Crippen LogP contribution in [0.2, 0.25) is 0 Å². The van der Waals surface area contributed by atoms with Gasteiger partial charge in [-0.3, -0.25) is 4.79 Å². The fraction of sp³-hybridized carbons (Fsp3) is 0.923. The number of aliphatic hydroxyl groups is 1. The average Bonchev–Trinajstić information content (AvgIpc) is 2.49. The zero-order valence-electron chi connectivity index (χ0n) is 11.0. The zero-order chi connectivity index (χ0) is 12.4. The van der Waals surface area contributed by atoms with Crippen molar-refractivity contribution in [3.8, 4) is 0 Å². The summed E-state index contributed by atoms with van der Waals surface area (Å²) in [6.07, 6.45) is 3.87. The van der Waals surface area contributed by atoms with Gasteiger partial charge in [-0.2, -0.15) is 0 Å². The third-order valence-electron chi connectivity index (χ3n) is 3.70. The highest BCUT2D eigenvalue weighted by Gasteiger charge is 2.34. The number of carbonyl (C=O) groups is 1. The molecule has 3 nitrogen and oxygen atoms in total. The van der Waals surface area contributed by atoms with Gasteiger partial charge in [-0.05, 0) is 25.2 Å². The maximum absolute atomic E-state index is 11.8. The average molecular weight is 227 g/mol. The van der Waals surface area contributed by atoms with Crippen LogP contribution in [0.15, 0.2) is 0 Å². The molecule has 0 radical (unpaired) electrons. The molecule has 1 fully saturated rings. The summed E-state index contributed by atoms with van der Waals surface area (Å²) in [4.78, 5) is 11.8. The van der Waals surface area contributed by atoms with Crippen LogP contribution in [-0.4, -0.2) is 22.7 Å². The van der Waals surface area contributed by atoms with E-state index in [1.54, 1.807) is 0 Å². The second-order valence-corrected chi connectivity index (χ2v) is 6.26. The highest BCUT2D eigenvalue weighted by atomic mass is 16.3. The van der Waals surface area contributed by atoms with Crippen molar-refractivity contribution >= 4 is 5.91 Å². The Bertz CT molecular complexity index is 249. The molecule has 0 heterocycles. The quantitative estimate of drug-likeness (QED) is 0.777. The van der Waals surface area contributed by atoms with E-state index in [1.165, 1.54) is 0 Å². The SMILES string of the molecule is CC(NC(=O)CC1(O)CCCC1)C(C)(C)C. The van der Waals surface area contributed by atoms with Gasteiger partial charge in [-0.25, -0.2) is 0 Å². The zero-order valence-corrected chi connectivity index (χ0v) is 11.0. The van der Waals surface area contributed by atoms with E-state index in [4.69, 9.17) is 0 Å². The molecule has 1 atom stereocenters. The van der Waals surface area contributed by atoms with Crippen molar-refractivity contribution in [3.05, 3.63) is 0 Å². The highest BCUT2D eigenvalue weighted by molar-refractivity contribution is 5.77. The van der Waals surface area contributed by atoms with Gasteiger partial charge in [-0.15, -0.1) is 0 Å². The lowest BCUT2D eigenvalue weighted by atomic mass is 9.87. The highest BCUT2D eigenvalue weighted by Crippen LogP contribution is 2.32. The van der Waals surface area contributed by atoms with Gasteiger partial charge in [-0.1, -0.05) is 33.6 Å². The second kappa shape index (κ2) is 4.74. The number of hydrogen-bond donors (Lipinski definition) is 2. The van der Waals surface area contributed by atoms with Crippen molar-refractivity contribution in [2.45, 2.75) is 71.4 Å². The first kappa shape index (κ1) is 13.5. The van der Waals surface area contributed by atoms with Crippen LogP contribution in [0.5, 0.6) is 0 Å². The largest absolute Gasteiger partial charge is 0.389 e. The molecule has 2 N–H and O–H groups in total. The molecule has 0 bridgehead atoms. The minimum atomic E-state index is -0.734. The fourth-order valence-electron chi connectivity index (χ4n) is 2.02. The van der Waals surface area contributed by atoms with Crippen LogP contribution in [0.1, 0.15) is 59.8 Å². The van der Waals surface area contributed by atoms with Crippen molar-refractivity contribution in [1.29, 1.82) is 0 Å². The van der Waals surface area contributed by atoms with E-state index in [1.807, 2.05) is 6.92 Å². The van der Waals surface area contributed by atoms with E-state index in [0.29, 0.717) is 0 Å². The molecule has 1 unspecified atom stereocenters. The van der Waals surface area contributed by atoms with Crippen molar-refractivity contribution in [3.63, 3.8) is 0 Å². The molecule has 0 aromatic carbocycles. The Kier molecular flexibility index (Phi) is 4.00. The molecule has 1 rings (SSSR count). The van der Waals surface area contributed by atoms with Crippen LogP contribution in [0, 0.1) is 5.41 Å². The van der Waals surface area contributed by atoms with Crippen molar-refractivity contribution in [1.82, 2.24) is 5.32 Å². The van der Waals surface area contributed by atoms with Crippen molar-refractivity contribution < 1.29 is 9.90 Å². The molecule has 1 amide bonds. The monoisotopic (exact) mass is 227 g/mol. The summed E-state index contributed by atoms with van der Waals surface area (Å²) in [7, 11) is 0. The second-order valence-electron chi connectivity index (χ2n) is 6.26. The number of hydrogen-bond acceptors (Lipinski definition) is 2. The maximum atomic E-state index is 11.8. The Morgan fingerprint density at radius 1 is 1.38 bits per heavy atom. The van der Waals surface area contributed by atoms with Gasteiger partial charge in [0.25, 0.3) is 0 Å². The molecule has 1 aliphatic carbocycles. The van der Waals surface area contributed by atoms with Gasteiger partial charge in [0.2, 0.25) is 5.91 Å². The summed E-state index contributed by atoms with van der Waals surface area (Å²) in [5.74, 6) is -0.0215. The summed E-state index contributed by atoms with van der Waals surface area (Å²) >= 11 is 0. The number of carbonyl (C=O) groups excluding carboxylic acids is 1. The van der Waals surface area contributed by atoms with Crippen LogP contribution < -0.4 is 5.32 Å².